The van der Waals surface area contributed by atoms with Crippen molar-refractivity contribution in [1.82, 2.24) is 9.88 Å². The van der Waals surface area contributed by atoms with Gasteiger partial charge in [0.1, 0.15) is 12.3 Å². The van der Waals surface area contributed by atoms with Crippen molar-refractivity contribution < 1.29 is 29.0 Å². The largest absolute Gasteiger partial charge is 0.463 e. The molecule has 1 N–H and O–H groups in total. The molecule has 2 aromatic carbocycles. The molecule has 0 bridgehead atoms. The second-order valence-electron chi connectivity index (χ2n) is 15.1. The number of esters is 1. The first kappa shape index (κ1) is 37.6. The zero-order valence-electron chi connectivity index (χ0n) is 30.5. The van der Waals surface area contributed by atoms with E-state index in [9.17, 15) is 14.4 Å². The Morgan fingerprint density at radius 2 is 1.67 bits per heavy atom. The van der Waals surface area contributed by atoms with E-state index in [0.717, 1.165) is 71.3 Å². The Kier molecular flexibility index (Phi) is 12.3. The first-order valence-corrected chi connectivity index (χ1v) is 17.3. The van der Waals surface area contributed by atoms with Crippen molar-refractivity contribution in [2.24, 2.45) is 5.41 Å². The minimum atomic E-state index is -0.500. The van der Waals surface area contributed by atoms with Gasteiger partial charge in [0.05, 0.1) is 23.8 Å². The van der Waals surface area contributed by atoms with Gasteiger partial charge < -0.3 is 24.4 Å². The highest BCUT2D eigenvalue weighted by molar-refractivity contribution is 5.95. The first-order chi connectivity index (χ1) is 23.0. The molecule has 1 fully saturated rings. The van der Waals surface area contributed by atoms with Gasteiger partial charge in [0.2, 0.25) is 0 Å². The van der Waals surface area contributed by atoms with E-state index >= 15 is 0 Å². The molecule has 0 aliphatic carbocycles. The number of piperidine rings is 1. The summed E-state index contributed by atoms with van der Waals surface area (Å²) in [6.07, 6.45) is 3.02. The van der Waals surface area contributed by atoms with Crippen LogP contribution in [0.2, 0.25) is 0 Å². The highest BCUT2D eigenvalue weighted by Gasteiger charge is 2.32. The second-order valence-corrected chi connectivity index (χ2v) is 15.1. The van der Waals surface area contributed by atoms with Gasteiger partial charge in [-0.2, -0.15) is 0 Å². The van der Waals surface area contributed by atoms with E-state index in [-0.39, 0.29) is 36.6 Å². The molecule has 9 nitrogen and oxygen atoms in total. The summed E-state index contributed by atoms with van der Waals surface area (Å²) < 4.78 is 11.1. The number of aliphatic hydroxyl groups is 1. The van der Waals surface area contributed by atoms with Gasteiger partial charge in [0, 0.05) is 43.0 Å². The molecule has 1 saturated heterocycles. The van der Waals surface area contributed by atoms with E-state index < -0.39 is 5.60 Å². The first-order valence-electron chi connectivity index (χ1n) is 17.3. The van der Waals surface area contributed by atoms with Gasteiger partial charge in [-0.1, -0.05) is 62.4 Å². The molecule has 3 aromatic rings. The molecule has 264 valence electrons. The SMILES string of the molecule is CC(C)(C)O.Cc1nc(C=O)c(-c2ccc3c(c2)CCN(C(=O)OCc2ccccc2)C3)c(N2CCC(C)(C)CC2)c1CC(=O)OC(C)C. The number of fused-ring (bicyclic) bond motifs is 1. The number of benzene rings is 2. The maximum absolute atomic E-state index is 12.9. The molecular formula is C40H53N3O6. The predicted molar refractivity (Wildman–Crippen MR) is 193 cm³/mol. The van der Waals surface area contributed by atoms with Crippen LogP contribution in [0.5, 0.6) is 0 Å². The molecule has 2 aliphatic rings. The van der Waals surface area contributed by atoms with Crippen LogP contribution in [0.15, 0.2) is 48.5 Å². The van der Waals surface area contributed by atoms with Crippen molar-refractivity contribution in [3.05, 3.63) is 82.2 Å². The number of carbonyl (C=O) groups excluding carboxylic acids is 3. The lowest BCUT2D eigenvalue weighted by Crippen LogP contribution is -2.38. The fourth-order valence-corrected chi connectivity index (χ4v) is 6.14. The highest BCUT2D eigenvalue weighted by atomic mass is 16.6. The monoisotopic (exact) mass is 671 g/mol. The van der Waals surface area contributed by atoms with Crippen LogP contribution >= 0.6 is 0 Å². The summed E-state index contributed by atoms with van der Waals surface area (Å²) in [5.41, 5.74) is 7.23. The number of pyridine rings is 1. The molecule has 0 saturated carbocycles. The summed E-state index contributed by atoms with van der Waals surface area (Å²) in [6.45, 7) is 18.2. The molecule has 1 aromatic heterocycles. The van der Waals surface area contributed by atoms with Crippen LogP contribution in [0.1, 0.15) is 99.7 Å². The lowest BCUT2D eigenvalue weighted by Gasteiger charge is -2.40. The minimum absolute atomic E-state index is 0.0867. The van der Waals surface area contributed by atoms with Crippen LogP contribution in [0, 0.1) is 12.3 Å². The van der Waals surface area contributed by atoms with E-state index in [4.69, 9.17) is 19.6 Å². The van der Waals surface area contributed by atoms with Crippen LogP contribution in [-0.4, -0.2) is 64.7 Å². The minimum Gasteiger partial charge on any atom is -0.463 e. The van der Waals surface area contributed by atoms with Crippen molar-refractivity contribution >= 4 is 24.0 Å². The summed E-state index contributed by atoms with van der Waals surface area (Å²) >= 11 is 0. The Morgan fingerprint density at radius 1 is 1.02 bits per heavy atom. The fraction of sp³-hybridized carbons (Fsp3) is 0.500. The highest BCUT2D eigenvalue weighted by Crippen LogP contribution is 2.42. The van der Waals surface area contributed by atoms with Gasteiger partial charge >= 0.3 is 12.1 Å². The van der Waals surface area contributed by atoms with Crippen molar-refractivity contribution in [2.45, 2.75) is 106 Å². The molecule has 9 heteroatoms. The topological polar surface area (TPSA) is 109 Å². The number of hydrogen-bond donors (Lipinski definition) is 1. The quantitative estimate of drug-likeness (QED) is 0.194. The third-order valence-electron chi connectivity index (χ3n) is 8.71. The van der Waals surface area contributed by atoms with Crippen molar-refractivity contribution in [3.8, 4) is 11.1 Å². The smallest absolute Gasteiger partial charge is 0.410 e. The summed E-state index contributed by atoms with van der Waals surface area (Å²) in [4.78, 5) is 47.1. The van der Waals surface area contributed by atoms with E-state index in [2.05, 4.69) is 24.8 Å². The maximum Gasteiger partial charge on any atom is 0.410 e. The Hall–Kier alpha value is -4.24. The van der Waals surface area contributed by atoms with E-state index in [1.807, 2.05) is 63.2 Å². The molecule has 0 radical (unpaired) electrons. The second kappa shape index (κ2) is 16.0. The van der Waals surface area contributed by atoms with Gasteiger partial charge in [-0.3, -0.25) is 9.59 Å². The molecule has 49 heavy (non-hydrogen) atoms. The van der Waals surface area contributed by atoms with Crippen LogP contribution in [0.3, 0.4) is 0 Å². The number of anilines is 1. The zero-order valence-corrected chi connectivity index (χ0v) is 30.5. The molecule has 0 spiro atoms. The molecular weight excluding hydrogens is 618 g/mol. The maximum atomic E-state index is 12.9. The number of amides is 1. The summed E-state index contributed by atoms with van der Waals surface area (Å²) in [5, 5.41) is 8.52. The summed E-state index contributed by atoms with van der Waals surface area (Å²) in [6, 6.07) is 15.8. The van der Waals surface area contributed by atoms with Crippen LogP contribution in [-0.2, 0) is 40.3 Å². The van der Waals surface area contributed by atoms with Crippen molar-refractivity contribution in [3.63, 3.8) is 0 Å². The molecule has 5 rings (SSSR count). The molecule has 0 unspecified atom stereocenters. The number of carbonyl (C=O) groups is 3. The number of hydrogen-bond acceptors (Lipinski definition) is 8. The normalized spacial score (nSPS) is 15.6. The number of aromatic nitrogens is 1. The van der Waals surface area contributed by atoms with Crippen LogP contribution < -0.4 is 4.90 Å². The number of rotatable bonds is 8. The predicted octanol–water partition coefficient (Wildman–Crippen LogP) is 7.46. The summed E-state index contributed by atoms with van der Waals surface area (Å²) in [7, 11) is 0. The van der Waals surface area contributed by atoms with Crippen molar-refractivity contribution in [2.75, 3.05) is 24.5 Å². The lowest BCUT2D eigenvalue weighted by molar-refractivity contribution is -0.146. The number of nitrogens with zero attached hydrogens (tertiary/aromatic N) is 3. The Labute approximate surface area is 291 Å². The molecule has 0 atom stereocenters. The zero-order chi connectivity index (χ0) is 35.9. The van der Waals surface area contributed by atoms with E-state index in [1.54, 1.807) is 25.7 Å². The average molecular weight is 672 g/mol. The third-order valence-corrected chi connectivity index (χ3v) is 8.71. The van der Waals surface area contributed by atoms with E-state index in [1.165, 1.54) is 0 Å². The Morgan fingerprint density at radius 3 is 2.29 bits per heavy atom. The lowest BCUT2D eigenvalue weighted by atomic mass is 9.81. The van der Waals surface area contributed by atoms with Gasteiger partial charge in [-0.25, -0.2) is 9.78 Å². The van der Waals surface area contributed by atoms with Crippen LogP contribution in [0.4, 0.5) is 10.5 Å². The average Bonchev–Trinajstić information content (AvgIpc) is 3.03. The Bertz CT molecular complexity index is 1610. The van der Waals surface area contributed by atoms with E-state index in [0.29, 0.717) is 30.9 Å². The molecule has 3 heterocycles. The third kappa shape index (κ3) is 10.6. The van der Waals surface area contributed by atoms with Gasteiger partial charge in [0.25, 0.3) is 0 Å². The molecule has 2 aliphatic heterocycles. The summed E-state index contributed by atoms with van der Waals surface area (Å²) in [5.74, 6) is -0.307. The number of aldehydes is 1. The van der Waals surface area contributed by atoms with Gasteiger partial charge in [0.15, 0.2) is 6.29 Å². The fourth-order valence-electron chi connectivity index (χ4n) is 6.14. The molecule has 1 amide bonds. The Balaban J connectivity index is 0.00000101. The van der Waals surface area contributed by atoms with Gasteiger partial charge in [-0.05, 0) is 88.5 Å². The standard InChI is InChI=1S/C36H43N3O5.C4H10O/c1-24(2)44-32(41)20-30-25(3)37-31(22-40)33(34(30)38-17-14-36(4,5)15-18-38)28-11-12-29-21-39(16-13-27(29)19-28)35(42)43-23-26-9-7-6-8-10-26;1-4(2,3)5/h6-12,19,22,24H,13-18,20-21,23H2,1-5H3;5H,1-3H3. The van der Waals surface area contributed by atoms with Crippen LogP contribution in [0.25, 0.3) is 11.1 Å². The van der Waals surface area contributed by atoms with Gasteiger partial charge in [-0.15, -0.1) is 0 Å². The van der Waals surface area contributed by atoms with Crippen molar-refractivity contribution in [1.29, 1.82) is 0 Å². The number of aryl methyl sites for hydroxylation is 1. The number of ether oxygens (including phenoxy) is 2.